The van der Waals surface area contributed by atoms with Crippen molar-refractivity contribution in [1.29, 1.82) is 0 Å². The molecular weight excluding hydrogens is 432 g/mol. The van der Waals surface area contributed by atoms with Gasteiger partial charge in [0.2, 0.25) is 5.79 Å². The molecule has 33 heavy (non-hydrogen) atoms. The normalized spacial score (nSPS) is 25.5. The van der Waals surface area contributed by atoms with Gasteiger partial charge in [0, 0.05) is 32.1 Å². The molecule has 0 amide bonds. The maximum atomic E-state index is 13.6. The van der Waals surface area contributed by atoms with Gasteiger partial charge < -0.3 is 28.4 Å². The van der Waals surface area contributed by atoms with Crippen LogP contribution in [0.5, 0.6) is 11.5 Å². The van der Waals surface area contributed by atoms with Crippen LogP contribution in [0.15, 0.2) is 42.0 Å². The summed E-state index contributed by atoms with van der Waals surface area (Å²) in [4.78, 5) is 38.5. The van der Waals surface area contributed by atoms with E-state index in [-0.39, 0.29) is 5.78 Å². The molecule has 178 valence electrons. The number of ketones is 1. The van der Waals surface area contributed by atoms with Crippen molar-refractivity contribution in [1.82, 2.24) is 0 Å². The Hall–Kier alpha value is -3.17. The van der Waals surface area contributed by atoms with Gasteiger partial charge in [-0.1, -0.05) is 18.2 Å². The van der Waals surface area contributed by atoms with Gasteiger partial charge in [0.15, 0.2) is 17.3 Å². The van der Waals surface area contributed by atoms with E-state index in [1.165, 1.54) is 54.8 Å². The summed E-state index contributed by atoms with van der Waals surface area (Å²) >= 11 is 0. The van der Waals surface area contributed by atoms with Gasteiger partial charge in [0.05, 0.1) is 40.3 Å². The molecule has 0 aromatic heterocycles. The van der Waals surface area contributed by atoms with E-state index in [4.69, 9.17) is 23.7 Å². The second kappa shape index (κ2) is 9.76. The molecule has 0 aliphatic heterocycles. The minimum absolute atomic E-state index is 0.326. The number of fused-ring (bicyclic) bond motifs is 2. The monoisotopic (exact) mass is 460 g/mol. The maximum Gasteiger partial charge on any atom is 0.330 e. The Labute approximate surface area is 192 Å². The summed E-state index contributed by atoms with van der Waals surface area (Å²) in [6.45, 7) is 0. The summed E-state index contributed by atoms with van der Waals surface area (Å²) in [7, 11) is 8.28. The maximum absolute atomic E-state index is 13.6. The van der Waals surface area contributed by atoms with Crippen molar-refractivity contribution in [3.05, 3.63) is 47.6 Å². The molecule has 3 aliphatic rings. The lowest BCUT2D eigenvalue weighted by Crippen LogP contribution is -2.64. The lowest BCUT2D eigenvalue weighted by molar-refractivity contribution is -0.248. The number of methoxy groups -OCH3 is 6. The van der Waals surface area contributed by atoms with E-state index >= 15 is 0 Å². The summed E-state index contributed by atoms with van der Waals surface area (Å²) in [6.07, 6.45) is 4.49. The first-order valence-electron chi connectivity index (χ1n) is 10.3. The summed E-state index contributed by atoms with van der Waals surface area (Å²) in [5, 5.41) is 0. The number of allylic oxidation sites excluding steroid dienone is 2. The number of carbonyl (C=O) groups is 3. The Morgan fingerprint density at radius 3 is 2.15 bits per heavy atom. The van der Waals surface area contributed by atoms with Crippen LogP contribution in [0.2, 0.25) is 0 Å². The van der Waals surface area contributed by atoms with Gasteiger partial charge in [-0.25, -0.2) is 4.79 Å². The van der Waals surface area contributed by atoms with E-state index in [1.807, 2.05) is 0 Å². The zero-order valence-electron chi connectivity index (χ0n) is 19.4. The fraction of sp³-hybridized carbons (Fsp3) is 0.458. The molecule has 9 nitrogen and oxygen atoms in total. The number of hydrogen-bond acceptors (Lipinski definition) is 9. The van der Waals surface area contributed by atoms with E-state index in [2.05, 4.69) is 4.74 Å². The van der Waals surface area contributed by atoms with Crippen molar-refractivity contribution in [2.24, 2.45) is 17.8 Å². The second-order valence-electron chi connectivity index (χ2n) is 7.66. The first-order valence-corrected chi connectivity index (χ1v) is 10.3. The van der Waals surface area contributed by atoms with E-state index in [9.17, 15) is 14.4 Å². The minimum atomic E-state index is -1.72. The fourth-order valence-electron chi connectivity index (χ4n) is 4.96. The molecule has 9 heteroatoms. The van der Waals surface area contributed by atoms with Crippen molar-refractivity contribution in [2.45, 2.75) is 11.7 Å². The first-order chi connectivity index (χ1) is 15.8. The van der Waals surface area contributed by atoms with Gasteiger partial charge in [0.25, 0.3) is 0 Å². The van der Waals surface area contributed by atoms with Crippen LogP contribution in [0, 0.1) is 17.8 Å². The Balaban J connectivity index is 2.24. The summed E-state index contributed by atoms with van der Waals surface area (Å²) in [5.41, 5.74) is 1.24. The van der Waals surface area contributed by atoms with E-state index < -0.39 is 41.4 Å². The highest BCUT2D eigenvalue weighted by molar-refractivity contribution is 5.97. The minimum Gasteiger partial charge on any atom is -0.493 e. The number of hydrogen-bond donors (Lipinski definition) is 0. The van der Waals surface area contributed by atoms with Gasteiger partial charge in [-0.15, -0.1) is 0 Å². The molecule has 0 N–H and O–H groups in total. The van der Waals surface area contributed by atoms with Crippen molar-refractivity contribution in [3.8, 4) is 11.5 Å². The molecule has 0 heterocycles. The third-order valence-corrected chi connectivity index (χ3v) is 6.41. The number of ether oxygens (including phenoxy) is 6. The third-order valence-electron chi connectivity index (χ3n) is 6.41. The quantitative estimate of drug-likeness (QED) is 0.327. The van der Waals surface area contributed by atoms with E-state index in [0.717, 1.165) is 0 Å². The standard InChI is InChI=1S/C24H28O9/c1-28-16-9-7-13(12-17(16)29-2)19-15-11-14(8-10-18(25)30-3)21(20(19)23(27)31-4)24(32-5,33-6)22(15)26/h7-12,15,19-21H,1-6H3/b10-8+/t15-,19-,20+,21+/m1/s1. The molecule has 0 saturated heterocycles. The molecule has 1 saturated carbocycles. The predicted molar refractivity (Wildman–Crippen MR) is 116 cm³/mol. The molecule has 1 fully saturated rings. The number of esters is 2. The molecular formula is C24H28O9. The molecule has 4 atom stereocenters. The topological polar surface area (TPSA) is 107 Å². The van der Waals surface area contributed by atoms with Gasteiger partial charge in [0.1, 0.15) is 0 Å². The number of carbonyl (C=O) groups excluding carboxylic acids is 3. The zero-order chi connectivity index (χ0) is 24.3. The first kappa shape index (κ1) is 24.5. The van der Waals surface area contributed by atoms with E-state index in [1.54, 1.807) is 24.3 Å². The SMILES string of the molecule is COC(=O)/C=C/C1=C[C@H]2C(=O)C(OC)(OC)[C@@H]1[C@@H](C(=O)OC)[C@@H]2c1ccc(OC)c(OC)c1. The van der Waals surface area contributed by atoms with Crippen LogP contribution >= 0.6 is 0 Å². The van der Waals surface area contributed by atoms with Crippen LogP contribution in [0.25, 0.3) is 0 Å². The van der Waals surface area contributed by atoms with Crippen LogP contribution in [0.1, 0.15) is 11.5 Å². The Morgan fingerprint density at radius 1 is 0.939 bits per heavy atom. The zero-order valence-corrected chi connectivity index (χ0v) is 19.4. The van der Waals surface area contributed by atoms with Crippen LogP contribution in [0.3, 0.4) is 0 Å². The average molecular weight is 460 g/mol. The molecule has 4 rings (SSSR count). The summed E-state index contributed by atoms with van der Waals surface area (Å²) in [5.74, 6) is -5.28. The van der Waals surface area contributed by atoms with Crippen LogP contribution < -0.4 is 9.47 Å². The highest BCUT2D eigenvalue weighted by Crippen LogP contribution is 2.57. The van der Waals surface area contributed by atoms with Crippen LogP contribution in [-0.4, -0.2) is 66.2 Å². The van der Waals surface area contributed by atoms with Crippen molar-refractivity contribution in [3.63, 3.8) is 0 Å². The average Bonchev–Trinajstić information content (AvgIpc) is 2.86. The van der Waals surface area contributed by atoms with Crippen molar-refractivity contribution >= 4 is 17.7 Å². The van der Waals surface area contributed by atoms with Crippen LogP contribution in [0.4, 0.5) is 0 Å². The largest absolute Gasteiger partial charge is 0.493 e. The van der Waals surface area contributed by atoms with Gasteiger partial charge in [-0.3, -0.25) is 9.59 Å². The second-order valence-corrected chi connectivity index (χ2v) is 7.66. The van der Waals surface area contributed by atoms with Gasteiger partial charge >= 0.3 is 11.9 Å². The Morgan fingerprint density at radius 2 is 1.61 bits per heavy atom. The smallest absolute Gasteiger partial charge is 0.330 e. The van der Waals surface area contributed by atoms with E-state index in [0.29, 0.717) is 22.6 Å². The Kier molecular flexibility index (Phi) is 7.24. The van der Waals surface area contributed by atoms with Crippen molar-refractivity contribution < 1.29 is 42.8 Å². The molecule has 0 spiro atoms. The summed E-state index contributed by atoms with van der Waals surface area (Å²) in [6, 6.07) is 5.25. The van der Waals surface area contributed by atoms with Crippen molar-refractivity contribution in [2.75, 3.05) is 42.7 Å². The third kappa shape index (κ3) is 3.91. The number of benzene rings is 1. The molecule has 3 aliphatic carbocycles. The summed E-state index contributed by atoms with van der Waals surface area (Å²) < 4.78 is 31.8. The molecule has 2 bridgehead atoms. The number of rotatable bonds is 8. The molecule has 0 radical (unpaired) electrons. The highest BCUT2D eigenvalue weighted by atomic mass is 16.7. The van der Waals surface area contributed by atoms with Gasteiger partial charge in [-0.05, 0) is 23.3 Å². The molecule has 1 aromatic rings. The highest BCUT2D eigenvalue weighted by Gasteiger charge is 2.66. The fourth-order valence-corrected chi connectivity index (χ4v) is 4.96. The Bertz CT molecular complexity index is 990. The molecule has 0 unspecified atom stereocenters. The molecule has 1 aromatic carbocycles. The van der Waals surface area contributed by atoms with Crippen LogP contribution in [-0.2, 0) is 33.3 Å². The number of Topliss-reactive ketones (excluding diaryl/α,β-unsaturated/α-hetero) is 1. The van der Waals surface area contributed by atoms with Gasteiger partial charge in [-0.2, -0.15) is 0 Å². The lowest BCUT2D eigenvalue weighted by Gasteiger charge is -2.53. The lowest BCUT2D eigenvalue weighted by atomic mass is 9.54. The predicted octanol–water partition coefficient (Wildman–Crippen LogP) is 2.05.